The molecule has 130 valence electrons. The fourth-order valence-electron chi connectivity index (χ4n) is 2.87. The van der Waals surface area contributed by atoms with E-state index in [4.69, 9.17) is 0 Å². The average Bonchev–Trinajstić information content (AvgIpc) is 2.72. The smallest absolute Gasteiger partial charge is 0.00184 e. The van der Waals surface area contributed by atoms with Crippen molar-refractivity contribution in [2.75, 3.05) is 0 Å². The summed E-state index contributed by atoms with van der Waals surface area (Å²) in [4.78, 5) is 0. The molecule has 3 rings (SSSR count). The van der Waals surface area contributed by atoms with Crippen LogP contribution in [0.1, 0.15) is 16.7 Å². The van der Waals surface area contributed by atoms with Crippen LogP contribution >= 0.6 is 0 Å². The van der Waals surface area contributed by atoms with E-state index in [0.29, 0.717) is 5.92 Å². The minimum atomic E-state index is 0.396. The zero-order chi connectivity index (χ0) is 18.8. The van der Waals surface area contributed by atoms with Crippen LogP contribution in [0.2, 0.25) is 0 Å². The fourth-order valence-corrected chi connectivity index (χ4v) is 2.87. The zero-order valence-corrected chi connectivity index (χ0v) is 15.3. The van der Waals surface area contributed by atoms with Crippen molar-refractivity contribution in [3.05, 3.63) is 122 Å². The normalized spacial score (nSPS) is 9.88. The Morgan fingerprint density at radius 1 is 0.692 bits per heavy atom. The first-order valence-corrected chi connectivity index (χ1v) is 8.79. The van der Waals surface area contributed by atoms with E-state index in [1.165, 1.54) is 16.3 Å². The largest absolute Gasteiger partial charge is 0.102 e. The van der Waals surface area contributed by atoms with Crippen molar-refractivity contribution in [3.63, 3.8) is 0 Å². The van der Waals surface area contributed by atoms with Crippen molar-refractivity contribution < 1.29 is 0 Å². The summed E-state index contributed by atoms with van der Waals surface area (Å²) in [7, 11) is 0. The first kappa shape index (κ1) is 19.2. The molecular formula is C26H26. The average molecular weight is 338 g/mol. The molecular weight excluding hydrogens is 312 g/mol. The third-order valence-electron chi connectivity index (χ3n) is 4.35. The Kier molecular flexibility index (Phi) is 7.39. The highest BCUT2D eigenvalue weighted by Gasteiger charge is 2.01. The third-order valence-corrected chi connectivity index (χ3v) is 4.35. The molecule has 0 N–H and O–H groups in total. The highest BCUT2D eigenvalue weighted by atomic mass is 14.0. The van der Waals surface area contributed by atoms with Gasteiger partial charge in [0.05, 0.1) is 0 Å². The molecule has 0 aromatic heterocycles. The van der Waals surface area contributed by atoms with Gasteiger partial charge >= 0.3 is 0 Å². The van der Waals surface area contributed by atoms with Gasteiger partial charge in [0.25, 0.3) is 0 Å². The Morgan fingerprint density at radius 2 is 1.35 bits per heavy atom. The summed E-state index contributed by atoms with van der Waals surface area (Å²) in [5.74, 6) is 0.396. The predicted molar refractivity (Wildman–Crippen MR) is 118 cm³/mol. The number of rotatable bonds is 6. The molecule has 0 heterocycles. The van der Waals surface area contributed by atoms with Gasteiger partial charge in [-0.3, -0.25) is 0 Å². The third kappa shape index (κ3) is 4.94. The van der Waals surface area contributed by atoms with Crippen molar-refractivity contribution in [1.29, 1.82) is 0 Å². The molecule has 3 aromatic carbocycles. The van der Waals surface area contributed by atoms with Crippen LogP contribution in [0.3, 0.4) is 0 Å². The lowest BCUT2D eigenvalue weighted by atomic mass is 9.99. The highest BCUT2D eigenvalue weighted by molar-refractivity contribution is 5.93. The summed E-state index contributed by atoms with van der Waals surface area (Å²) >= 11 is 0. The molecule has 0 radical (unpaired) electrons. The predicted octanol–water partition coefficient (Wildman–Crippen LogP) is 7.34. The molecule has 0 spiro atoms. The van der Waals surface area contributed by atoms with Gasteiger partial charge in [0.1, 0.15) is 0 Å². The van der Waals surface area contributed by atoms with Crippen molar-refractivity contribution in [2.45, 2.75) is 6.42 Å². The molecule has 3 aromatic rings. The van der Waals surface area contributed by atoms with E-state index in [1.807, 2.05) is 42.5 Å². The number of hydrogen-bond donors (Lipinski definition) is 0. The summed E-state index contributed by atoms with van der Waals surface area (Å²) in [6.45, 7) is 15.2. The van der Waals surface area contributed by atoms with Crippen LogP contribution in [-0.4, -0.2) is 0 Å². The van der Waals surface area contributed by atoms with Crippen LogP contribution in [-0.2, 0) is 6.42 Å². The number of fused-ring (bicyclic) bond motifs is 1. The Bertz CT molecular complexity index is 876. The highest BCUT2D eigenvalue weighted by Crippen LogP contribution is 2.24. The minimum Gasteiger partial charge on any atom is -0.102 e. The maximum Gasteiger partial charge on any atom is -0.00184 e. The van der Waals surface area contributed by atoms with E-state index in [2.05, 4.69) is 74.8 Å². The van der Waals surface area contributed by atoms with E-state index >= 15 is 0 Å². The lowest BCUT2D eigenvalue weighted by molar-refractivity contribution is 0.809. The van der Waals surface area contributed by atoms with Crippen molar-refractivity contribution in [2.24, 2.45) is 5.92 Å². The molecule has 0 unspecified atom stereocenters. The molecule has 0 bridgehead atoms. The Labute approximate surface area is 157 Å². The van der Waals surface area contributed by atoms with Crippen LogP contribution in [0.5, 0.6) is 0 Å². The van der Waals surface area contributed by atoms with Crippen LogP contribution < -0.4 is 0 Å². The van der Waals surface area contributed by atoms with Crippen LogP contribution in [0, 0.1) is 5.92 Å². The second kappa shape index (κ2) is 10.0. The molecule has 0 aliphatic heterocycles. The Hall–Kier alpha value is -3.12. The van der Waals surface area contributed by atoms with Gasteiger partial charge in [-0.15, -0.1) is 13.2 Å². The molecule has 26 heavy (non-hydrogen) atoms. The van der Waals surface area contributed by atoms with Gasteiger partial charge < -0.3 is 0 Å². The summed E-state index contributed by atoms with van der Waals surface area (Å²) in [5, 5.41) is 2.48. The standard InChI is InChI=1S/C14H12.C12H14/c1-3-11-9-10-12-7-5-6-8-14(12)13(11)4-2;1-3-11(4-2)10-12-8-6-5-7-9-12/h3-10H,1-2H2;3-9,11H,1-2,10H2. The van der Waals surface area contributed by atoms with Gasteiger partial charge in [0.15, 0.2) is 0 Å². The van der Waals surface area contributed by atoms with Crippen LogP contribution in [0.25, 0.3) is 22.9 Å². The van der Waals surface area contributed by atoms with E-state index < -0.39 is 0 Å². The topological polar surface area (TPSA) is 0 Å². The van der Waals surface area contributed by atoms with Crippen LogP contribution in [0.15, 0.2) is 105 Å². The summed E-state index contributed by atoms with van der Waals surface area (Å²) in [5.41, 5.74) is 3.64. The fraction of sp³-hybridized carbons (Fsp3) is 0.0769. The molecule has 0 fully saturated rings. The van der Waals surface area contributed by atoms with E-state index in [1.54, 1.807) is 0 Å². The molecule has 0 aliphatic carbocycles. The maximum atomic E-state index is 3.84. The van der Waals surface area contributed by atoms with Gasteiger partial charge in [-0.1, -0.05) is 104 Å². The first-order valence-electron chi connectivity index (χ1n) is 8.79. The van der Waals surface area contributed by atoms with Gasteiger partial charge in [0, 0.05) is 0 Å². The second-order valence-electron chi connectivity index (χ2n) is 6.02. The molecule has 0 heteroatoms. The maximum absolute atomic E-state index is 3.84. The van der Waals surface area contributed by atoms with E-state index in [-0.39, 0.29) is 0 Å². The summed E-state index contributed by atoms with van der Waals surface area (Å²) in [6.07, 6.45) is 8.62. The molecule has 0 atom stereocenters. The van der Waals surface area contributed by atoms with Crippen molar-refractivity contribution in [1.82, 2.24) is 0 Å². The van der Waals surface area contributed by atoms with Gasteiger partial charge in [-0.05, 0) is 39.8 Å². The Balaban J connectivity index is 0.000000190. The number of hydrogen-bond acceptors (Lipinski definition) is 0. The van der Waals surface area contributed by atoms with Crippen molar-refractivity contribution in [3.8, 4) is 0 Å². The number of benzene rings is 3. The second-order valence-corrected chi connectivity index (χ2v) is 6.02. The van der Waals surface area contributed by atoms with Crippen LogP contribution in [0.4, 0.5) is 0 Å². The lowest BCUT2D eigenvalue weighted by Gasteiger charge is -2.05. The first-order chi connectivity index (χ1) is 12.7. The summed E-state index contributed by atoms with van der Waals surface area (Å²) < 4.78 is 0. The zero-order valence-electron chi connectivity index (χ0n) is 15.3. The van der Waals surface area contributed by atoms with Crippen molar-refractivity contribution >= 4 is 22.9 Å². The molecule has 0 nitrogen and oxygen atoms in total. The quantitative estimate of drug-likeness (QED) is 0.412. The SMILES string of the molecule is C=CC(C=C)Cc1ccccc1.C=Cc1ccc2ccccc2c1C=C. The Morgan fingerprint density at radius 3 is 1.96 bits per heavy atom. The molecule has 0 aliphatic rings. The molecule has 0 amide bonds. The molecule has 0 saturated heterocycles. The van der Waals surface area contributed by atoms with Gasteiger partial charge in [-0.25, -0.2) is 0 Å². The molecule has 0 saturated carbocycles. The lowest BCUT2D eigenvalue weighted by Crippen LogP contribution is -1.95. The van der Waals surface area contributed by atoms with E-state index in [0.717, 1.165) is 17.5 Å². The van der Waals surface area contributed by atoms with E-state index in [9.17, 15) is 0 Å². The van der Waals surface area contributed by atoms with Gasteiger partial charge in [-0.2, -0.15) is 0 Å². The minimum absolute atomic E-state index is 0.396. The summed E-state index contributed by atoms with van der Waals surface area (Å²) in [6, 6.07) is 22.9. The van der Waals surface area contributed by atoms with Gasteiger partial charge in [0.2, 0.25) is 0 Å². The monoisotopic (exact) mass is 338 g/mol. The number of allylic oxidation sites excluding steroid dienone is 2.